The predicted octanol–water partition coefficient (Wildman–Crippen LogP) is 4.25. The Bertz CT molecular complexity index is 864. The highest BCUT2D eigenvalue weighted by molar-refractivity contribution is 5.85. The highest BCUT2D eigenvalue weighted by Gasteiger charge is 2.12. The van der Waals surface area contributed by atoms with Gasteiger partial charge in [-0.05, 0) is 41.1 Å². The van der Waals surface area contributed by atoms with Crippen molar-refractivity contribution in [3.05, 3.63) is 76.5 Å². The Labute approximate surface area is 122 Å². The summed E-state index contributed by atoms with van der Waals surface area (Å²) in [4.78, 5) is 12.7. The molecular weight excluding hydrogens is 265 g/mol. The van der Waals surface area contributed by atoms with E-state index in [1.165, 1.54) is 16.7 Å². The van der Waals surface area contributed by atoms with Crippen molar-refractivity contribution in [3.63, 3.8) is 0 Å². The van der Waals surface area contributed by atoms with E-state index < -0.39 is 0 Å². The largest absolute Gasteiger partial charge is 0.283 e. The zero-order valence-corrected chi connectivity index (χ0v) is 12.0. The van der Waals surface area contributed by atoms with Crippen LogP contribution in [0.5, 0.6) is 0 Å². The summed E-state index contributed by atoms with van der Waals surface area (Å²) >= 11 is 0. The van der Waals surface area contributed by atoms with Gasteiger partial charge in [0.05, 0.1) is 5.69 Å². The Balaban J connectivity index is 2.39. The third-order valence-electron chi connectivity index (χ3n) is 3.66. The molecule has 0 radical (unpaired) electrons. The second-order valence-electron chi connectivity index (χ2n) is 5.44. The predicted molar refractivity (Wildman–Crippen MR) is 83.6 cm³/mol. The molecule has 0 aliphatic carbocycles. The second kappa shape index (κ2) is 5.17. The van der Waals surface area contributed by atoms with Gasteiger partial charge in [0.2, 0.25) is 0 Å². The molecule has 0 atom stereocenters. The number of rotatable bonds is 2. The average Bonchev–Trinajstić information content (AvgIpc) is 2.47. The zero-order valence-electron chi connectivity index (χ0n) is 12.0. The summed E-state index contributed by atoms with van der Waals surface area (Å²) in [5.41, 5.74) is 1.50. The summed E-state index contributed by atoms with van der Waals surface area (Å²) in [6, 6.07) is 13.7. The Morgan fingerprint density at radius 1 is 1.00 bits per heavy atom. The number of aromatic nitrogens is 1. The van der Waals surface area contributed by atoms with Gasteiger partial charge in [0.25, 0.3) is 5.56 Å². The highest BCUT2D eigenvalue weighted by Crippen LogP contribution is 2.24. The number of hydrogen-bond acceptors (Lipinski definition) is 1. The maximum Gasteiger partial charge on any atom is 0.262 e. The van der Waals surface area contributed by atoms with Crippen molar-refractivity contribution in [2.24, 2.45) is 0 Å². The molecule has 3 heteroatoms. The van der Waals surface area contributed by atoms with Crippen LogP contribution in [0, 0.1) is 5.82 Å². The van der Waals surface area contributed by atoms with Gasteiger partial charge in [-0.1, -0.05) is 38.1 Å². The van der Waals surface area contributed by atoms with Crippen LogP contribution < -0.4 is 5.56 Å². The summed E-state index contributed by atoms with van der Waals surface area (Å²) in [7, 11) is 0. The minimum Gasteiger partial charge on any atom is -0.283 e. The Morgan fingerprint density at radius 3 is 2.38 bits per heavy atom. The first-order valence-corrected chi connectivity index (χ1v) is 6.98. The summed E-state index contributed by atoms with van der Waals surface area (Å²) in [5, 5.41) is 1.62. The van der Waals surface area contributed by atoms with Gasteiger partial charge in [-0.25, -0.2) is 4.39 Å². The maximum absolute atomic E-state index is 13.4. The Kier molecular flexibility index (Phi) is 3.34. The molecule has 2 nitrogen and oxygen atoms in total. The molecular formula is C18H16FNO. The minimum absolute atomic E-state index is 0.124. The molecule has 0 saturated carbocycles. The van der Waals surface area contributed by atoms with Gasteiger partial charge in [0.1, 0.15) is 5.82 Å². The molecule has 1 heterocycles. The molecule has 21 heavy (non-hydrogen) atoms. The molecule has 1 aromatic heterocycles. The minimum atomic E-state index is -0.348. The first kappa shape index (κ1) is 13.6. The fraction of sp³-hybridized carbons (Fsp3) is 0.167. The van der Waals surface area contributed by atoms with E-state index in [2.05, 4.69) is 13.8 Å². The van der Waals surface area contributed by atoms with Gasteiger partial charge in [0.15, 0.2) is 0 Å². The van der Waals surface area contributed by atoms with Gasteiger partial charge in [-0.2, -0.15) is 0 Å². The molecule has 3 aromatic rings. The van der Waals surface area contributed by atoms with Gasteiger partial charge >= 0.3 is 0 Å². The van der Waals surface area contributed by atoms with Crippen molar-refractivity contribution >= 4 is 10.8 Å². The zero-order chi connectivity index (χ0) is 15.0. The van der Waals surface area contributed by atoms with Gasteiger partial charge in [-0.3, -0.25) is 9.36 Å². The van der Waals surface area contributed by atoms with E-state index in [1.54, 1.807) is 12.1 Å². The van der Waals surface area contributed by atoms with E-state index in [-0.39, 0.29) is 17.3 Å². The topological polar surface area (TPSA) is 22.0 Å². The molecule has 0 N–H and O–H groups in total. The molecule has 0 aliphatic rings. The van der Waals surface area contributed by atoms with Crippen LogP contribution in [0.15, 0.2) is 59.5 Å². The van der Waals surface area contributed by atoms with Crippen LogP contribution in [-0.4, -0.2) is 4.57 Å². The van der Waals surface area contributed by atoms with Crippen molar-refractivity contribution in [1.29, 1.82) is 0 Å². The summed E-state index contributed by atoms with van der Waals surface area (Å²) in [6.07, 6.45) is 1.82. The van der Waals surface area contributed by atoms with Crippen LogP contribution in [0.2, 0.25) is 0 Å². The van der Waals surface area contributed by atoms with E-state index in [1.807, 2.05) is 30.5 Å². The SMILES string of the molecule is CC(C)c1cn(-c2cccc(F)c2)c(=O)c2ccccc12. The van der Waals surface area contributed by atoms with Gasteiger partial charge in [0, 0.05) is 11.6 Å². The maximum atomic E-state index is 13.4. The van der Waals surface area contributed by atoms with Crippen LogP contribution in [0.4, 0.5) is 4.39 Å². The molecule has 2 aromatic carbocycles. The van der Waals surface area contributed by atoms with E-state index in [0.29, 0.717) is 11.1 Å². The van der Waals surface area contributed by atoms with Crippen LogP contribution >= 0.6 is 0 Å². The Hall–Kier alpha value is -2.42. The fourth-order valence-electron chi connectivity index (χ4n) is 2.60. The van der Waals surface area contributed by atoms with Crippen molar-refractivity contribution in [1.82, 2.24) is 4.57 Å². The molecule has 0 saturated heterocycles. The lowest BCUT2D eigenvalue weighted by molar-refractivity contribution is 0.626. The smallest absolute Gasteiger partial charge is 0.262 e. The normalized spacial score (nSPS) is 11.2. The molecule has 0 bridgehead atoms. The molecule has 0 aliphatic heterocycles. The third-order valence-corrected chi connectivity index (χ3v) is 3.66. The van der Waals surface area contributed by atoms with Crippen molar-refractivity contribution in [3.8, 4) is 5.69 Å². The molecule has 0 fully saturated rings. The first-order chi connectivity index (χ1) is 10.1. The van der Waals surface area contributed by atoms with Crippen LogP contribution in [0.1, 0.15) is 25.3 Å². The summed E-state index contributed by atoms with van der Waals surface area (Å²) in [5.74, 6) is -0.0750. The lowest BCUT2D eigenvalue weighted by Gasteiger charge is -2.14. The fourth-order valence-corrected chi connectivity index (χ4v) is 2.60. The number of halogens is 1. The number of nitrogens with zero attached hydrogens (tertiary/aromatic N) is 1. The van der Waals surface area contributed by atoms with E-state index in [0.717, 1.165) is 10.9 Å². The van der Waals surface area contributed by atoms with Crippen molar-refractivity contribution in [2.45, 2.75) is 19.8 Å². The quantitative estimate of drug-likeness (QED) is 0.688. The monoisotopic (exact) mass is 281 g/mol. The lowest BCUT2D eigenvalue weighted by atomic mass is 9.98. The molecule has 3 rings (SSSR count). The number of benzene rings is 2. The van der Waals surface area contributed by atoms with Crippen molar-refractivity contribution < 1.29 is 4.39 Å². The van der Waals surface area contributed by atoms with Crippen LogP contribution in [0.3, 0.4) is 0 Å². The second-order valence-corrected chi connectivity index (χ2v) is 5.44. The molecule has 0 unspecified atom stereocenters. The van der Waals surface area contributed by atoms with Gasteiger partial charge in [-0.15, -0.1) is 0 Å². The molecule has 0 spiro atoms. The van der Waals surface area contributed by atoms with E-state index in [9.17, 15) is 9.18 Å². The molecule has 0 amide bonds. The van der Waals surface area contributed by atoms with Gasteiger partial charge < -0.3 is 0 Å². The van der Waals surface area contributed by atoms with Crippen LogP contribution in [-0.2, 0) is 0 Å². The van der Waals surface area contributed by atoms with E-state index in [4.69, 9.17) is 0 Å². The van der Waals surface area contributed by atoms with E-state index >= 15 is 0 Å². The van der Waals surface area contributed by atoms with Crippen LogP contribution in [0.25, 0.3) is 16.5 Å². The average molecular weight is 281 g/mol. The first-order valence-electron chi connectivity index (χ1n) is 6.98. The van der Waals surface area contributed by atoms with Crippen molar-refractivity contribution in [2.75, 3.05) is 0 Å². The lowest BCUT2D eigenvalue weighted by Crippen LogP contribution is -2.19. The number of pyridine rings is 1. The standard InChI is InChI=1S/C18H16FNO/c1-12(2)17-11-20(14-7-5-6-13(19)10-14)18(21)16-9-4-3-8-15(16)17/h3-12H,1-2H3. The summed E-state index contributed by atoms with van der Waals surface area (Å²) < 4.78 is 15.0. The molecule has 106 valence electrons. The Morgan fingerprint density at radius 2 is 1.71 bits per heavy atom. The third kappa shape index (κ3) is 2.35. The number of fused-ring (bicyclic) bond motifs is 1. The summed E-state index contributed by atoms with van der Waals surface area (Å²) in [6.45, 7) is 4.17. The number of hydrogen-bond donors (Lipinski definition) is 0. The highest BCUT2D eigenvalue weighted by atomic mass is 19.1.